The Morgan fingerprint density at radius 2 is 2.26 bits per heavy atom. The third-order valence-corrected chi connectivity index (χ3v) is 4.45. The van der Waals surface area contributed by atoms with Crippen LogP contribution in [0.15, 0.2) is 24.3 Å². The fourth-order valence-electron chi connectivity index (χ4n) is 2.75. The monoisotopic (exact) mass is 315 g/mol. The number of fused-ring (bicyclic) bond motifs is 3. The van der Waals surface area contributed by atoms with Gasteiger partial charge in [-0.15, -0.1) is 0 Å². The molecule has 2 aromatic rings. The van der Waals surface area contributed by atoms with Crippen LogP contribution >= 0.6 is 0 Å². The largest absolute Gasteiger partial charge is 0.488 e. The molecule has 0 spiro atoms. The molecule has 0 bridgehead atoms. The molecule has 2 heterocycles. The van der Waals surface area contributed by atoms with Crippen molar-refractivity contribution in [2.75, 3.05) is 6.61 Å². The van der Waals surface area contributed by atoms with Crippen LogP contribution in [-0.4, -0.2) is 33.9 Å². The van der Waals surface area contributed by atoms with E-state index in [1.165, 1.54) is 0 Å². The van der Waals surface area contributed by atoms with Crippen molar-refractivity contribution in [2.45, 2.75) is 32.9 Å². The third-order valence-electron chi connectivity index (χ3n) is 4.45. The second-order valence-electron chi connectivity index (χ2n) is 5.86. The predicted octanol–water partition coefficient (Wildman–Crippen LogP) is 2.11. The van der Waals surface area contributed by atoms with E-state index in [9.17, 15) is 9.90 Å². The number of aliphatic hydroxyl groups is 1. The summed E-state index contributed by atoms with van der Waals surface area (Å²) in [6.45, 7) is 4.25. The van der Waals surface area contributed by atoms with E-state index in [1.54, 1.807) is 0 Å². The smallest absolute Gasteiger partial charge is 0.270 e. The van der Waals surface area contributed by atoms with Gasteiger partial charge in [0.1, 0.15) is 23.7 Å². The van der Waals surface area contributed by atoms with Crippen molar-refractivity contribution in [2.24, 2.45) is 5.92 Å². The number of nitrogens with zero attached hydrogens (tertiary/aromatic N) is 1. The lowest BCUT2D eigenvalue weighted by Gasteiger charge is -2.22. The van der Waals surface area contributed by atoms with Gasteiger partial charge in [-0.2, -0.15) is 5.10 Å². The minimum atomic E-state index is -0.275. The number of aromatic amines is 1. The number of hydrogen-bond donors (Lipinski definition) is 3. The van der Waals surface area contributed by atoms with E-state index < -0.39 is 0 Å². The molecule has 1 amide bonds. The van der Waals surface area contributed by atoms with Gasteiger partial charge in [-0.25, -0.2) is 0 Å². The molecule has 0 fully saturated rings. The normalized spacial score (nSPS) is 15.1. The Kier molecular flexibility index (Phi) is 4.34. The van der Waals surface area contributed by atoms with Crippen LogP contribution in [0, 0.1) is 5.92 Å². The van der Waals surface area contributed by atoms with Gasteiger partial charge in [0.2, 0.25) is 0 Å². The number of para-hydroxylation sites is 1. The number of carbonyl (C=O) groups excluding carboxylic acids is 1. The number of nitrogens with one attached hydrogen (secondary N) is 2. The first-order valence-electron chi connectivity index (χ1n) is 7.86. The molecule has 23 heavy (non-hydrogen) atoms. The Bertz CT molecular complexity index is 711. The van der Waals surface area contributed by atoms with Gasteiger partial charge in [-0.3, -0.25) is 9.89 Å². The molecule has 0 unspecified atom stereocenters. The molecule has 0 saturated heterocycles. The SMILES string of the molecule is CC[C@H](C)[C@H](CO)NC(=O)c1[nH]nc2c1COc1ccccc1-2. The van der Waals surface area contributed by atoms with Gasteiger partial charge >= 0.3 is 0 Å². The molecule has 0 aliphatic carbocycles. The van der Waals surface area contributed by atoms with E-state index in [0.717, 1.165) is 29.0 Å². The van der Waals surface area contributed by atoms with Gasteiger partial charge in [0.15, 0.2) is 0 Å². The molecule has 3 N–H and O–H groups in total. The fraction of sp³-hybridized carbons (Fsp3) is 0.412. The van der Waals surface area contributed by atoms with Crippen molar-refractivity contribution in [1.29, 1.82) is 0 Å². The number of amides is 1. The minimum absolute atomic E-state index is 0.0869. The van der Waals surface area contributed by atoms with Crippen molar-refractivity contribution in [3.8, 4) is 17.0 Å². The van der Waals surface area contributed by atoms with E-state index in [1.807, 2.05) is 38.1 Å². The highest BCUT2D eigenvalue weighted by atomic mass is 16.5. The molecule has 2 atom stereocenters. The highest BCUT2D eigenvalue weighted by molar-refractivity contribution is 5.96. The summed E-state index contributed by atoms with van der Waals surface area (Å²) in [5.74, 6) is 0.701. The molecular weight excluding hydrogens is 294 g/mol. The number of benzene rings is 1. The van der Waals surface area contributed by atoms with Crippen LogP contribution in [0.5, 0.6) is 5.75 Å². The Morgan fingerprint density at radius 1 is 1.48 bits per heavy atom. The summed E-state index contributed by atoms with van der Waals surface area (Å²) in [4.78, 5) is 12.5. The van der Waals surface area contributed by atoms with Crippen LogP contribution in [-0.2, 0) is 6.61 Å². The number of H-pyrrole nitrogens is 1. The summed E-state index contributed by atoms with van der Waals surface area (Å²) in [6.07, 6.45) is 0.878. The zero-order valence-electron chi connectivity index (χ0n) is 13.3. The second-order valence-corrected chi connectivity index (χ2v) is 5.86. The molecule has 0 radical (unpaired) electrons. The average Bonchev–Trinajstić information content (AvgIpc) is 3.03. The Labute approximate surface area is 134 Å². The zero-order valence-corrected chi connectivity index (χ0v) is 13.3. The lowest BCUT2D eigenvalue weighted by molar-refractivity contribution is 0.0884. The quantitative estimate of drug-likeness (QED) is 0.788. The number of carbonyl (C=O) groups is 1. The van der Waals surface area contributed by atoms with E-state index >= 15 is 0 Å². The zero-order chi connectivity index (χ0) is 16.4. The molecule has 3 rings (SSSR count). The summed E-state index contributed by atoms with van der Waals surface area (Å²) in [5.41, 5.74) is 2.78. The molecule has 6 heteroatoms. The van der Waals surface area contributed by atoms with Gasteiger partial charge in [0.05, 0.1) is 12.6 Å². The van der Waals surface area contributed by atoms with Crippen LogP contribution in [0.25, 0.3) is 11.3 Å². The summed E-state index contributed by atoms with van der Waals surface area (Å²) >= 11 is 0. The third kappa shape index (κ3) is 2.82. The molecule has 1 aliphatic heterocycles. The summed E-state index contributed by atoms with van der Waals surface area (Å²) in [6, 6.07) is 7.35. The maximum absolute atomic E-state index is 12.5. The lowest BCUT2D eigenvalue weighted by Crippen LogP contribution is -2.42. The van der Waals surface area contributed by atoms with Crippen molar-refractivity contribution in [3.05, 3.63) is 35.5 Å². The highest BCUT2D eigenvalue weighted by Crippen LogP contribution is 2.36. The maximum atomic E-state index is 12.5. The van der Waals surface area contributed by atoms with E-state index in [-0.39, 0.29) is 24.5 Å². The van der Waals surface area contributed by atoms with Crippen LogP contribution < -0.4 is 10.1 Å². The van der Waals surface area contributed by atoms with Crippen molar-refractivity contribution < 1.29 is 14.6 Å². The number of hydrogen-bond acceptors (Lipinski definition) is 4. The molecule has 122 valence electrons. The van der Waals surface area contributed by atoms with Gasteiger partial charge in [0.25, 0.3) is 5.91 Å². The molecule has 1 aromatic heterocycles. The molecule has 1 aliphatic rings. The first-order valence-corrected chi connectivity index (χ1v) is 7.86. The average molecular weight is 315 g/mol. The van der Waals surface area contributed by atoms with Crippen molar-refractivity contribution >= 4 is 5.91 Å². The minimum Gasteiger partial charge on any atom is -0.488 e. The molecule has 6 nitrogen and oxygen atoms in total. The van der Waals surface area contributed by atoms with E-state index in [0.29, 0.717) is 12.3 Å². The number of rotatable bonds is 5. The second kappa shape index (κ2) is 6.42. The van der Waals surface area contributed by atoms with Gasteiger partial charge in [0, 0.05) is 11.1 Å². The first kappa shape index (κ1) is 15.6. The summed E-state index contributed by atoms with van der Waals surface area (Å²) < 4.78 is 5.71. The Morgan fingerprint density at radius 3 is 3.00 bits per heavy atom. The summed E-state index contributed by atoms with van der Waals surface area (Å²) in [7, 11) is 0. The van der Waals surface area contributed by atoms with Crippen molar-refractivity contribution in [1.82, 2.24) is 15.5 Å². The van der Waals surface area contributed by atoms with Crippen LogP contribution in [0.3, 0.4) is 0 Å². The lowest BCUT2D eigenvalue weighted by atomic mass is 9.99. The van der Waals surface area contributed by atoms with Crippen molar-refractivity contribution in [3.63, 3.8) is 0 Å². The highest BCUT2D eigenvalue weighted by Gasteiger charge is 2.27. The summed E-state index contributed by atoms with van der Waals surface area (Å²) in [5, 5.41) is 19.5. The number of ether oxygens (including phenoxy) is 1. The van der Waals surface area contributed by atoms with Gasteiger partial charge in [-0.1, -0.05) is 32.4 Å². The topological polar surface area (TPSA) is 87.2 Å². The standard InChI is InChI=1S/C17H21N3O3/c1-3-10(2)13(8-21)18-17(22)16-12-9-23-14-7-5-4-6-11(14)15(12)19-20-16/h4-7,10,13,21H,3,8-9H2,1-2H3,(H,18,22)(H,19,20)/t10-,13-/m0/s1. The van der Waals surface area contributed by atoms with Crippen LogP contribution in [0.1, 0.15) is 36.3 Å². The Hall–Kier alpha value is -2.34. The molecular formula is C17H21N3O3. The maximum Gasteiger partial charge on any atom is 0.270 e. The predicted molar refractivity (Wildman–Crippen MR) is 86.2 cm³/mol. The van der Waals surface area contributed by atoms with E-state index in [2.05, 4.69) is 15.5 Å². The fourth-order valence-corrected chi connectivity index (χ4v) is 2.75. The van der Waals surface area contributed by atoms with Gasteiger partial charge < -0.3 is 15.2 Å². The van der Waals surface area contributed by atoms with Crippen LogP contribution in [0.2, 0.25) is 0 Å². The number of aromatic nitrogens is 2. The van der Waals surface area contributed by atoms with E-state index in [4.69, 9.17) is 4.74 Å². The van der Waals surface area contributed by atoms with Gasteiger partial charge in [-0.05, 0) is 18.1 Å². The van der Waals surface area contributed by atoms with Crippen LogP contribution in [0.4, 0.5) is 0 Å². The first-order chi connectivity index (χ1) is 11.2. The molecule has 0 saturated carbocycles. The Balaban J connectivity index is 1.86. The number of aliphatic hydroxyl groups excluding tert-OH is 1. The molecule has 1 aromatic carbocycles.